The molecule has 0 bridgehead atoms. The highest BCUT2D eigenvalue weighted by Gasteiger charge is 2.08. The summed E-state index contributed by atoms with van der Waals surface area (Å²) in [7, 11) is 0. The summed E-state index contributed by atoms with van der Waals surface area (Å²) in [5.41, 5.74) is 2.56. The molecule has 0 spiro atoms. The van der Waals surface area contributed by atoms with Crippen molar-refractivity contribution in [1.29, 1.82) is 0 Å². The van der Waals surface area contributed by atoms with E-state index in [1.165, 1.54) is 16.6 Å². The maximum atomic E-state index is 3.86. The molecule has 0 saturated heterocycles. The second kappa shape index (κ2) is 3.33. The van der Waals surface area contributed by atoms with Crippen LogP contribution in [-0.2, 0) is 0 Å². The average Bonchev–Trinajstić information content (AvgIpc) is 2.56. The van der Waals surface area contributed by atoms with Gasteiger partial charge in [0.15, 0.2) is 0 Å². The van der Waals surface area contributed by atoms with Gasteiger partial charge >= 0.3 is 0 Å². The molecule has 0 atom stereocenters. The van der Waals surface area contributed by atoms with Crippen molar-refractivity contribution in [3.63, 3.8) is 0 Å². The van der Waals surface area contributed by atoms with Gasteiger partial charge in [-0.1, -0.05) is 38.6 Å². The fraction of sp³-hybridized carbons (Fsp3) is 0.231. The molecule has 0 radical (unpaired) electrons. The van der Waals surface area contributed by atoms with Gasteiger partial charge in [0, 0.05) is 17.3 Å². The normalized spacial score (nSPS) is 11.1. The Hall–Kier alpha value is -1.50. The van der Waals surface area contributed by atoms with E-state index in [1.807, 2.05) is 6.20 Å². The molecule has 14 heavy (non-hydrogen) atoms. The lowest BCUT2D eigenvalue weighted by atomic mass is 10.1. The monoisotopic (exact) mass is 185 g/mol. The maximum Gasteiger partial charge on any atom is 0.0525 e. The molecule has 0 aliphatic rings. The first-order valence-corrected chi connectivity index (χ1v) is 4.96. The molecule has 1 nitrogen and oxygen atoms in total. The lowest BCUT2D eigenvalue weighted by Gasteiger charge is -2.07. The van der Waals surface area contributed by atoms with Gasteiger partial charge in [0.2, 0.25) is 0 Å². The Morgan fingerprint density at radius 3 is 2.64 bits per heavy atom. The van der Waals surface area contributed by atoms with Crippen molar-refractivity contribution in [2.24, 2.45) is 0 Å². The van der Waals surface area contributed by atoms with Gasteiger partial charge in [-0.15, -0.1) is 0 Å². The average molecular weight is 185 g/mol. The first kappa shape index (κ1) is 9.07. The molecule has 2 aromatic rings. The van der Waals surface area contributed by atoms with E-state index in [1.54, 1.807) is 0 Å². The third kappa shape index (κ3) is 1.25. The summed E-state index contributed by atoms with van der Waals surface area (Å²) in [6.07, 6.45) is 1.89. The number of hydrogen-bond acceptors (Lipinski definition) is 0. The van der Waals surface area contributed by atoms with Crippen LogP contribution in [0.3, 0.4) is 0 Å². The fourth-order valence-corrected chi connectivity index (χ4v) is 1.85. The van der Waals surface area contributed by atoms with Crippen molar-refractivity contribution in [2.75, 3.05) is 0 Å². The van der Waals surface area contributed by atoms with Gasteiger partial charge < -0.3 is 4.57 Å². The predicted octanol–water partition coefficient (Wildman–Crippen LogP) is 3.87. The Bertz CT molecular complexity index is 463. The van der Waals surface area contributed by atoms with Crippen LogP contribution >= 0.6 is 0 Å². The summed E-state index contributed by atoms with van der Waals surface area (Å²) < 4.78 is 2.17. The minimum absolute atomic E-state index is 0.528. The summed E-state index contributed by atoms with van der Waals surface area (Å²) in [5.74, 6) is 0.528. The summed E-state index contributed by atoms with van der Waals surface area (Å²) >= 11 is 0. The van der Waals surface area contributed by atoms with Crippen molar-refractivity contribution in [3.8, 4) is 0 Å². The Balaban J connectivity index is 2.78. The van der Waals surface area contributed by atoms with E-state index in [0.717, 1.165) is 0 Å². The van der Waals surface area contributed by atoms with Crippen LogP contribution in [0.4, 0.5) is 0 Å². The van der Waals surface area contributed by atoms with E-state index in [9.17, 15) is 0 Å². The smallest absolute Gasteiger partial charge is 0.0525 e. The Morgan fingerprint density at radius 2 is 2.00 bits per heavy atom. The topological polar surface area (TPSA) is 4.93 Å². The highest BCUT2D eigenvalue weighted by molar-refractivity contribution is 5.83. The van der Waals surface area contributed by atoms with Crippen molar-refractivity contribution < 1.29 is 0 Å². The first-order chi connectivity index (χ1) is 6.74. The molecular weight excluding hydrogens is 170 g/mol. The first-order valence-electron chi connectivity index (χ1n) is 4.96. The Labute approximate surface area is 84.7 Å². The molecule has 1 heterocycles. The van der Waals surface area contributed by atoms with E-state index in [0.29, 0.717) is 5.92 Å². The minimum Gasteiger partial charge on any atom is -0.321 e. The van der Waals surface area contributed by atoms with Crippen LogP contribution in [0.5, 0.6) is 0 Å². The van der Waals surface area contributed by atoms with Crippen LogP contribution in [0.15, 0.2) is 36.9 Å². The standard InChI is InChI=1S/C13H15N/c1-4-14-12-8-6-5-7-11(12)9-13(14)10(2)3/h4-10H,1H2,2-3H3. The van der Waals surface area contributed by atoms with Gasteiger partial charge in [0.1, 0.15) is 0 Å². The van der Waals surface area contributed by atoms with Crippen molar-refractivity contribution in [1.82, 2.24) is 4.57 Å². The van der Waals surface area contributed by atoms with E-state index in [2.05, 4.69) is 55.3 Å². The summed E-state index contributed by atoms with van der Waals surface area (Å²) in [4.78, 5) is 0. The number of hydrogen-bond donors (Lipinski definition) is 0. The number of benzene rings is 1. The molecule has 0 fully saturated rings. The van der Waals surface area contributed by atoms with Crippen LogP contribution in [0, 0.1) is 0 Å². The van der Waals surface area contributed by atoms with Gasteiger partial charge in [-0.25, -0.2) is 0 Å². The highest BCUT2D eigenvalue weighted by Crippen LogP contribution is 2.25. The second-order valence-corrected chi connectivity index (χ2v) is 3.84. The molecule has 0 aliphatic carbocycles. The van der Waals surface area contributed by atoms with E-state index in [4.69, 9.17) is 0 Å². The van der Waals surface area contributed by atoms with Crippen LogP contribution in [0.25, 0.3) is 17.1 Å². The molecule has 0 saturated carbocycles. The summed E-state index contributed by atoms with van der Waals surface area (Å²) in [6.45, 7) is 8.26. The summed E-state index contributed by atoms with van der Waals surface area (Å²) in [5, 5.41) is 1.29. The molecule has 2 rings (SSSR count). The SMILES string of the molecule is C=Cn1c(C(C)C)cc2ccccc21. The zero-order chi connectivity index (χ0) is 10.1. The highest BCUT2D eigenvalue weighted by atomic mass is 15.0. The molecule has 0 aliphatic heterocycles. The second-order valence-electron chi connectivity index (χ2n) is 3.84. The van der Waals surface area contributed by atoms with Crippen molar-refractivity contribution in [2.45, 2.75) is 19.8 Å². The van der Waals surface area contributed by atoms with Crippen LogP contribution < -0.4 is 0 Å². The Kier molecular flexibility index (Phi) is 2.16. The molecule has 0 N–H and O–H groups in total. The number of fused-ring (bicyclic) bond motifs is 1. The third-order valence-corrected chi connectivity index (χ3v) is 2.55. The maximum absolute atomic E-state index is 3.86. The zero-order valence-electron chi connectivity index (χ0n) is 8.70. The molecule has 1 aromatic heterocycles. The lowest BCUT2D eigenvalue weighted by Crippen LogP contribution is -1.95. The van der Waals surface area contributed by atoms with Crippen LogP contribution in [0.2, 0.25) is 0 Å². The van der Waals surface area contributed by atoms with Crippen LogP contribution in [-0.4, -0.2) is 4.57 Å². The van der Waals surface area contributed by atoms with Gasteiger partial charge in [-0.3, -0.25) is 0 Å². The fourth-order valence-electron chi connectivity index (χ4n) is 1.85. The lowest BCUT2D eigenvalue weighted by molar-refractivity contribution is 0.809. The van der Waals surface area contributed by atoms with Gasteiger partial charge in [0.25, 0.3) is 0 Å². The minimum atomic E-state index is 0.528. The molecule has 0 amide bonds. The largest absolute Gasteiger partial charge is 0.321 e. The quantitative estimate of drug-likeness (QED) is 0.669. The molecule has 72 valence electrons. The van der Waals surface area contributed by atoms with Gasteiger partial charge in [-0.05, 0) is 18.1 Å². The van der Waals surface area contributed by atoms with E-state index < -0.39 is 0 Å². The third-order valence-electron chi connectivity index (χ3n) is 2.55. The van der Waals surface area contributed by atoms with Gasteiger partial charge in [0.05, 0.1) is 5.52 Å². The molecular formula is C13H15N. The van der Waals surface area contributed by atoms with Crippen LogP contribution in [0.1, 0.15) is 25.5 Å². The van der Waals surface area contributed by atoms with E-state index >= 15 is 0 Å². The van der Waals surface area contributed by atoms with Crippen molar-refractivity contribution in [3.05, 3.63) is 42.6 Å². The van der Waals surface area contributed by atoms with Gasteiger partial charge in [-0.2, -0.15) is 0 Å². The zero-order valence-corrected chi connectivity index (χ0v) is 8.70. The van der Waals surface area contributed by atoms with E-state index in [-0.39, 0.29) is 0 Å². The summed E-state index contributed by atoms with van der Waals surface area (Å²) in [6, 6.07) is 10.6. The van der Waals surface area contributed by atoms with Crippen molar-refractivity contribution >= 4 is 17.1 Å². The number of aromatic nitrogens is 1. The number of para-hydroxylation sites is 1. The number of nitrogens with zero attached hydrogens (tertiary/aromatic N) is 1. The molecule has 1 aromatic carbocycles. The molecule has 1 heteroatoms. The molecule has 0 unspecified atom stereocenters. The Morgan fingerprint density at radius 1 is 1.29 bits per heavy atom. The predicted molar refractivity (Wildman–Crippen MR) is 62.4 cm³/mol. The number of rotatable bonds is 2.